The number of hydrogen-bond acceptors (Lipinski definition) is 5. The van der Waals surface area contributed by atoms with Crippen LogP contribution in [0, 0.1) is 6.92 Å². The average molecular weight is 543 g/mol. The van der Waals surface area contributed by atoms with Crippen LogP contribution < -0.4 is 19.1 Å². The topological polar surface area (TPSA) is 84.9 Å². The number of benzene rings is 3. The summed E-state index contributed by atoms with van der Waals surface area (Å²) >= 11 is 6.15. The number of hydrogen-bond donors (Lipinski definition) is 1. The molecule has 0 radical (unpaired) electrons. The molecular weight excluding hydrogens is 512 g/mol. The van der Waals surface area contributed by atoms with Gasteiger partial charge >= 0.3 is 0 Å². The van der Waals surface area contributed by atoms with Crippen molar-refractivity contribution < 1.29 is 22.7 Å². The zero-order chi connectivity index (χ0) is 26.8. The lowest BCUT2D eigenvalue weighted by Crippen LogP contribution is -2.51. The van der Waals surface area contributed by atoms with E-state index in [1.54, 1.807) is 36.4 Å². The summed E-state index contributed by atoms with van der Waals surface area (Å²) < 4.78 is 39.8. The van der Waals surface area contributed by atoms with Gasteiger partial charge in [-0.25, -0.2) is 8.42 Å². The minimum atomic E-state index is -3.96. The Labute approximate surface area is 223 Å². The summed E-state index contributed by atoms with van der Waals surface area (Å²) in [5, 5.41) is 3.15. The number of halogens is 1. The van der Waals surface area contributed by atoms with Gasteiger partial charge in [-0.05, 0) is 60.4 Å². The van der Waals surface area contributed by atoms with Gasteiger partial charge in [0.2, 0.25) is 0 Å². The number of carbonyl (C=O) groups excluding carboxylic acids is 1. The summed E-state index contributed by atoms with van der Waals surface area (Å²) in [6, 6.07) is 19.1. The van der Waals surface area contributed by atoms with Gasteiger partial charge in [-0.2, -0.15) is 0 Å². The summed E-state index contributed by atoms with van der Waals surface area (Å²) in [6.07, 6.45) is -1.04. The van der Waals surface area contributed by atoms with E-state index in [2.05, 4.69) is 26.1 Å². The lowest BCUT2D eigenvalue weighted by atomic mass is 9.87. The molecule has 0 bridgehead atoms. The van der Waals surface area contributed by atoms with E-state index in [9.17, 15) is 13.2 Å². The van der Waals surface area contributed by atoms with Gasteiger partial charge in [0.1, 0.15) is 18.1 Å². The van der Waals surface area contributed by atoms with Crippen molar-refractivity contribution in [3.63, 3.8) is 0 Å². The highest BCUT2D eigenvalue weighted by Crippen LogP contribution is 2.39. The molecule has 0 unspecified atom stereocenters. The molecule has 0 saturated carbocycles. The Morgan fingerprint density at radius 1 is 1.08 bits per heavy atom. The minimum absolute atomic E-state index is 0.0528. The van der Waals surface area contributed by atoms with Gasteiger partial charge in [0.25, 0.3) is 15.9 Å². The minimum Gasteiger partial charge on any atom is -0.492 e. The van der Waals surface area contributed by atoms with E-state index in [1.165, 1.54) is 15.9 Å². The fourth-order valence-electron chi connectivity index (χ4n) is 3.93. The van der Waals surface area contributed by atoms with Crippen molar-refractivity contribution in [2.45, 2.75) is 44.1 Å². The van der Waals surface area contributed by atoms with Crippen molar-refractivity contribution in [1.29, 1.82) is 0 Å². The van der Waals surface area contributed by atoms with E-state index >= 15 is 0 Å². The molecule has 7 nitrogen and oxygen atoms in total. The smallest absolute Gasteiger partial charge is 0.264 e. The Bertz CT molecular complexity index is 1370. The number of sulfonamides is 1. The van der Waals surface area contributed by atoms with Crippen LogP contribution in [0.2, 0.25) is 5.02 Å². The number of nitrogens with zero attached hydrogens (tertiary/aromatic N) is 1. The number of fused-ring (bicyclic) bond motifs is 1. The highest BCUT2D eigenvalue weighted by molar-refractivity contribution is 7.92. The number of rotatable bonds is 7. The summed E-state index contributed by atoms with van der Waals surface area (Å²) in [7, 11) is -3.96. The van der Waals surface area contributed by atoms with Gasteiger partial charge in [0.15, 0.2) is 6.10 Å². The van der Waals surface area contributed by atoms with E-state index in [0.29, 0.717) is 16.5 Å². The number of anilines is 1. The standard InChI is InChI=1S/C28H31ClN2O5S/c1-19-5-12-23(13-6-19)37(33,34)31-18-26(36-25-14-9-21(29)17-24(25)31)27(32)30-15-16-35-22-10-7-20(8-11-22)28(2,3)4/h5-14,17,26H,15-16,18H2,1-4H3,(H,30,32)/t26-/m1/s1. The molecule has 3 aromatic rings. The third kappa shape index (κ3) is 6.19. The Morgan fingerprint density at radius 3 is 2.41 bits per heavy atom. The normalized spacial score (nSPS) is 15.5. The molecule has 1 heterocycles. The first kappa shape index (κ1) is 26.8. The summed E-state index contributed by atoms with van der Waals surface area (Å²) in [5.41, 5.74) is 2.49. The van der Waals surface area contributed by atoms with Crippen LogP contribution in [0.3, 0.4) is 0 Å². The largest absolute Gasteiger partial charge is 0.492 e. The van der Waals surface area contributed by atoms with E-state index in [-0.39, 0.29) is 35.8 Å². The second-order valence-corrected chi connectivity index (χ2v) is 12.3. The quantitative estimate of drug-likeness (QED) is 0.420. The Hall–Kier alpha value is -3.23. The van der Waals surface area contributed by atoms with Crippen LogP contribution in [-0.4, -0.2) is 40.1 Å². The van der Waals surface area contributed by atoms with Crippen molar-refractivity contribution in [2.75, 3.05) is 24.0 Å². The molecule has 0 aromatic heterocycles. The Morgan fingerprint density at radius 2 is 1.76 bits per heavy atom. The van der Waals surface area contributed by atoms with Gasteiger partial charge in [0, 0.05) is 5.02 Å². The second-order valence-electron chi connectivity index (χ2n) is 9.98. The zero-order valence-electron chi connectivity index (χ0n) is 21.3. The number of carbonyl (C=O) groups is 1. The molecule has 1 N–H and O–H groups in total. The second kappa shape index (κ2) is 10.6. The number of aryl methyl sites for hydroxylation is 1. The molecule has 1 aliphatic heterocycles. The van der Waals surface area contributed by atoms with Crippen LogP contribution in [0.25, 0.3) is 0 Å². The maximum absolute atomic E-state index is 13.5. The Balaban J connectivity index is 1.43. The molecular formula is C28H31ClN2O5S. The lowest BCUT2D eigenvalue weighted by molar-refractivity contribution is -0.127. The molecule has 0 saturated heterocycles. The molecule has 37 heavy (non-hydrogen) atoms. The van der Waals surface area contributed by atoms with Crippen LogP contribution in [0.4, 0.5) is 5.69 Å². The fraction of sp³-hybridized carbons (Fsp3) is 0.321. The Kier molecular flexibility index (Phi) is 7.71. The number of ether oxygens (including phenoxy) is 2. The van der Waals surface area contributed by atoms with Crippen LogP contribution >= 0.6 is 11.6 Å². The van der Waals surface area contributed by atoms with E-state index in [4.69, 9.17) is 21.1 Å². The van der Waals surface area contributed by atoms with Crippen molar-refractivity contribution in [2.24, 2.45) is 0 Å². The molecule has 0 aliphatic carbocycles. The van der Waals surface area contributed by atoms with Crippen LogP contribution in [0.1, 0.15) is 31.9 Å². The van der Waals surface area contributed by atoms with Crippen LogP contribution in [0.5, 0.6) is 11.5 Å². The van der Waals surface area contributed by atoms with Gasteiger partial charge in [-0.15, -0.1) is 0 Å². The molecule has 9 heteroatoms. The third-order valence-corrected chi connectivity index (χ3v) is 8.11. The molecule has 1 aliphatic rings. The van der Waals surface area contributed by atoms with Crippen molar-refractivity contribution >= 4 is 33.2 Å². The van der Waals surface area contributed by atoms with Crippen molar-refractivity contribution in [1.82, 2.24) is 5.32 Å². The molecule has 4 rings (SSSR count). The average Bonchev–Trinajstić information content (AvgIpc) is 2.85. The molecule has 0 spiro atoms. The van der Waals surface area contributed by atoms with Crippen molar-refractivity contribution in [3.8, 4) is 11.5 Å². The van der Waals surface area contributed by atoms with Gasteiger partial charge in [-0.1, -0.05) is 62.2 Å². The number of amides is 1. The molecule has 0 fully saturated rings. The highest BCUT2D eigenvalue weighted by atomic mass is 35.5. The van der Waals surface area contributed by atoms with Crippen LogP contribution in [-0.2, 0) is 20.2 Å². The first-order valence-electron chi connectivity index (χ1n) is 12.0. The fourth-order valence-corrected chi connectivity index (χ4v) is 5.57. The van der Waals surface area contributed by atoms with Gasteiger partial charge in [0.05, 0.1) is 23.7 Å². The summed E-state index contributed by atoms with van der Waals surface area (Å²) in [4.78, 5) is 13.1. The zero-order valence-corrected chi connectivity index (χ0v) is 22.9. The highest BCUT2D eigenvalue weighted by Gasteiger charge is 2.37. The predicted octanol–water partition coefficient (Wildman–Crippen LogP) is 5.10. The first-order chi connectivity index (χ1) is 17.4. The summed E-state index contributed by atoms with van der Waals surface area (Å²) in [5.74, 6) is 0.537. The molecule has 196 valence electrons. The molecule has 1 atom stereocenters. The predicted molar refractivity (Wildman–Crippen MR) is 145 cm³/mol. The summed E-state index contributed by atoms with van der Waals surface area (Å²) in [6.45, 7) is 8.61. The first-order valence-corrected chi connectivity index (χ1v) is 13.8. The lowest BCUT2D eigenvalue weighted by Gasteiger charge is -2.34. The van der Waals surface area contributed by atoms with E-state index in [1.807, 2.05) is 31.2 Å². The molecule has 3 aromatic carbocycles. The third-order valence-electron chi connectivity index (χ3n) is 6.08. The van der Waals surface area contributed by atoms with Crippen LogP contribution in [0.15, 0.2) is 71.6 Å². The maximum atomic E-state index is 13.5. The van der Waals surface area contributed by atoms with E-state index < -0.39 is 22.0 Å². The SMILES string of the molecule is Cc1ccc(S(=O)(=O)N2C[C@H](C(=O)NCCOc3ccc(C(C)(C)C)cc3)Oc3ccc(Cl)cc32)cc1. The molecule has 1 amide bonds. The maximum Gasteiger partial charge on any atom is 0.264 e. The van der Waals surface area contributed by atoms with Crippen molar-refractivity contribution in [3.05, 3.63) is 82.9 Å². The monoisotopic (exact) mass is 542 g/mol. The van der Waals surface area contributed by atoms with E-state index in [0.717, 1.165) is 5.56 Å². The van der Waals surface area contributed by atoms with Gasteiger partial charge in [-0.3, -0.25) is 9.10 Å². The van der Waals surface area contributed by atoms with Gasteiger partial charge < -0.3 is 14.8 Å². The number of nitrogens with one attached hydrogen (secondary N) is 1.